The van der Waals surface area contributed by atoms with Crippen molar-refractivity contribution in [2.24, 2.45) is 0 Å². The Morgan fingerprint density at radius 2 is 1.97 bits per heavy atom. The zero-order valence-corrected chi connectivity index (χ0v) is 21.7. The van der Waals surface area contributed by atoms with Crippen LogP contribution in [0, 0.1) is 32.4 Å². The minimum Gasteiger partial charge on any atom is -0.491 e. The number of aromatic nitrogens is 4. The summed E-state index contributed by atoms with van der Waals surface area (Å²) in [4.78, 5) is 13.9. The van der Waals surface area contributed by atoms with Gasteiger partial charge in [0.1, 0.15) is 35.9 Å². The number of fused-ring (bicyclic) bond motifs is 1. The molecule has 3 aromatic heterocycles. The fourth-order valence-corrected chi connectivity index (χ4v) is 5.00. The number of nitrogens with one attached hydrogen (secondary N) is 1. The fraction of sp³-hybridized carbons (Fsp3) is 0.357. The molecule has 2 atom stereocenters. The molecular formula is C28H29F2N5O3. The Morgan fingerprint density at radius 1 is 1.16 bits per heavy atom. The molecule has 8 nitrogen and oxygen atoms in total. The summed E-state index contributed by atoms with van der Waals surface area (Å²) >= 11 is 0. The molecule has 1 aliphatic carbocycles. The number of nitrogens with zero attached hydrogens (tertiary/aromatic N) is 4. The maximum absolute atomic E-state index is 15.2. The van der Waals surface area contributed by atoms with Crippen LogP contribution in [0.1, 0.15) is 39.9 Å². The van der Waals surface area contributed by atoms with Gasteiger partial charge in [-0.2, -0.15) is 0 Å². The third kappa shape index (κ3) is 5.01. The fourth-order valence-electron chi connectivity index (χ4n) is 5.00. The Labute approximate surface area is 219 Å². The number of rotatable bonds is 8. The molecule has 0 bridgehead atoms. The summed E-state index contributed by atoms with van der Waals surface area (Å²) in [6.45, 7) is 5.97. The molecule has 0 amide bonds. The highest BCUT2D eigenvalue weighted by Crippen LogP contribution is 2.39. The van der Waals surface area contributed by atoms with Crippen LogP contribution in [0.2, 0.25) is 0 Å². The molecule has 0 saturated heterocycles. The lowest BCUT2D eigenvalue weighted by Crippen LogP contribution is -2.29. The molecule has 0 fully saturated rings. The van der Waals surface area contributed by atoms with E-state index in [9.17, 15) is 9.50 Å². The molecule has 198 valence electrons. The highest BCUT2D eigenvalue weighted by molar-refractivity contribution is 5.71. The van der Waals surface area contributed by atoms with Crippen LogP contribution in [0.5, 0.6) is 5.75 Å². The topological polar surface area (TPSA) is 106 Å². The summed E-state index contributed by atoms with van der Waals surface area (Å²) in [7, 11) is 1.73. The molecule has 0 aliphatic heterocycles. The van der Waals surface area contributed by atoms with Crippen molar-refractivity contribution in [3.05, 3.63) is 76.1 Å². The van der Waals surface area contributed by atoms with Crippen molar-refractivity contribution >= 4 is 0 Å². The maximum atomic E-state index is 15.2. The Bertz CT molecular complexity index is 1470. The van der Waals surface area contributed by atoms with Crippen LogP contribution in [-0.4, -0.2) is 51.5 Å². The number of hydrogen-bond acceptors (Lipinski definition) is 8. The second-order valence-corrected chi connectivity index (χ2v) is 9.63. The van der Waals surface area contributed by atoms with E-state index in [0.29, 0.717) is 42.3 Å². The average molecular weight is 522 g/mol. The van der Waals surface area contributed by atoms with E-state index >= 15 is 4.39 Å². The number of likely N-dealkylation sites (N-methyl/N-ethyl adjacent to an activating group) is 1. The van der Waals surface area contributed by atoms with E-state index in [0.717, 1.165) is 28.1 Å². The van der Waals surface area contributed by atoms with Gasteiger partial charge < -0.3 is 19.7 Å². The third-order valence-electron chi connectivity index (χ3n) is 6.83. The van der Waals surface area contributed by atoms with Crippen LogP contribution in [0.3, 0.4) is 0 Å². The highest BCUT2D eigenvalue weighted by Gasteiger charge is 2.30. The number of ether oxygens (including phenoxy) is 1. The monoisotopic (exact) mass is 521 g/mol. The first-order valence-electron chi connectivity index (χ1n) is 12.5. The molecule has 5 rings (SSSR count). The summed E-state index contributed by atoms with van der Waals surface area (Å²) in [5, 5.41) is 17.0. The van der Waals surface area contributed by atoms with Gasteiger partial charge in [-0.25, -0.2) is 18.7 Å². The summed E-state index contributed by atoms with van der Waals surface area (Å²) in [6.07, 6.45) is 1.66. The Hall–Kier alpha value is -3.76. The van der Waals surface area contributed by atoms with Gasteiger partial charge in [0.25, 0.3) is 0 Å². The molecule has 10 heteroatoms. The predicted octanol–water partition coefficient (Wildman–Crippen LogP) is 4.24. The molecule has 3 heterocycles. The van der Waals surface area contributed by atoms with Gasteiger partial charge in [0.2, 0.25) is 0 Å². The molecular weight excluding hydrogens is 492 g/mol. The van der Waals surface area contributed by atoms with Gasteiger partial charge in [-0.15, -0.1) is 0 Å². The van der Waals surface area contributed by atoms with Gasteiger partial charge in [-0.3, -0.25) is 4.98 Å². The van der Waals surface area contributed by atoms with Crippen LogP contribution in [0.4, 0.5) is 8.78 Å². The lowest BCUT2D eigenvalue weighted by atomic mass is 9.94. The van der Waals surface area contributed by atoms with Crippen molar-refractivity contribution in [2.75, 3.05) is 20.2 Å². The predicted molar refractivity (Wildman–Crippen MR) is 137 cm³/mol. The first kappa shape index (κ1) is 25.9. The molecule has 1 aromatic carbocycles. The second-order valence-electron chi connectivity index (χ2n) is 9.63. The van der Waals surface area contributed by atoms with E-state index in [1.54, 1.807) is 14.0 Å². The zero-order valence-electron chi connectivity index (χ0n) is 21.7. The number of benzene rings is 1. The lowest BCUT2D eigenvalue weighted by Gasteiger charge is -2.18. The SMILES string of the molecule is CNC[C@@H](O)COc1ccc(F)c(-c2nc(-c3c(C)noc3C)c(C)c(C3Cc4cc(F)cnc4C3)n2)c1. The zero-order chi connectivity index (χ0) is 27.0. The van der Waals surface area contributed by atoms with Crippen molar-refractivity contribution in [3.8, 4) is 28.4 Å². The number of pyridine rings is 1. The largest absolute Gasteiger partial charge is 0.491 e. The van der Waals surface area contributed by atoms with E-state index in [2.05, 4.69) is 15.5 Å². The highest BCUT2D eigenvalue weighted by atomic mass is 19.1. The molecule has 4 aromatic rings. The van der Waals surface area contributed by atoms with E-state index in [1.807, 2.05) is 13.8 Å². The van der Waals surface area contributed by atoms with Gasteiger partial charge in [0.05, 0.1) is 34.4 Å². The summed E-state index contributed by atoms with van der Waals surface area (Å²) in [5.74, 6) is 0.199. The number of hydrogen-bond donors (Lipinski definition) is 2. The Balaban J connectivity index is 1.60. The van der Waals surface area contributed by atoms with E-state index in [4.69, 9.17) is 19.2 Å². The minimum atomic E-state index is -0.718. The molecule has 0 spiro atoms. The molecule has 1 aliphatic rings. The minimum absolute atomic E-state index is 0.0418. The van der Waals surface area contributed by atoms with Crippen LogP contribution in [-0.2, 0) is 12.8 Å². The standard InChI is InChI=1S/C28H29F2N5O3/c1-14-26(18-7-17-8-19(29)11-32-24(17)9-18)33-28(34-27(14)25-15(2)35-38-16(25)3)22-10-21(5-6-23(22)30)37-13-20(36)12-31-4/h5-6,8,10-11,18,20,31,36H,7,9,12-13H2,1-4H3/t18?,20-/m1/s1. The second kappa shape index (κ2) is 10.5. The summed E-state index contributed by atoms with van der Waals surface area (Å²) < 4.78 is 40.2. The summed E-state index contributed by atoms with van der Waals surface area (Å²) in [5.41, 5.74) is 5.39. The molecule has 0 radical (unpaired) electrons. The Morgan fingerprint density at radius 3 is 2.71 bits per heavy atom. The number of aryl methyl sites for hydroxylation is 2. The molecule has 2 N–H and O–H groups in total. The quantitative estimate of drug-likeness (QED) is 0.355. The third-order valence-corrected chi connectivity index (χ3v) is 6.83. The van der Waals surface area contributed by atoms with Crippen LogP contribution in [0.15, 0.2) is 35.0 Å². The van der Waals surface area contributed by atoms with E-state index in [1.165, 1.54) is 30.5 Å². The van der Waals surface area contributed by atoms with Gasteiger partial charge in [-0.1, -0.05) is 5.16 Å². The average Bonchev–Trinajstić information content (AvgIpc) is 3.46. The normalized spacial score (nSPS) is 15.5. The van der Waals surface area contributed by atoms with Crippen molar-refractivity contribution in [1.29, 1.82) is 0 Å². The first-order chi connectivity index (χ1) is 18.2. The van der Waals surface area contributed by atoms with Crippen LogP contribution >= 0.6 is 0 Å². The van der Waals surface area contributed by atoms with Crippen molar-refractivity contribution < 1.29 is 23.1 Å². The van der Waals surface area contributed by atoms with Gasteiger partial charge >= 0.3 is 0 Å². The van der Waals surface area contributed by atoms with Crippen molar-refractivity contribution in [1.82, 2.24) is 25.4 Å². The van der Waals surface area contributed by atoms with Crippen molar-refractivity contribution in [3.63, 3.8) is 0 Å². The molecule has 38 heavy (non-hydrogen) atoms. The van der Waals surface area contributed by atoms with Crippen LogP contribution < -0.4 is 10.1 Å². The van der Waals surface area contributed by atoms with Gasteiger partial charge in [-0.05, 0) is 76.1 Å². The molecule has 0 saturated carbocycles. The van der Waals surface area contributed by atoms with E-state index < -0.39 is 11.9 Å². The maximum Gasteiger partial charge on any atom is 0.163 e. The van der Waals surface area contributed by atoms with Gasteiger partial charge in [0.15, 0.2) is 5.82 Å². The molecule has 1 unspecified atom stereocenters. The van der Waals surface area contributed by atoms with Gasteiger partial charge in [0, 0.05) is 18.2 Å². The van der Waals surface area contributed by atoms with E-state index in [-0.39, 0.29) is 29.7 Å². The smallest absolute Gasteiger partial charge is 0.163 e. The summed E-state index contributed by atoms with van der Waals surface area (Å²) in [6, 6.07) is 5.85. The number of halogens is 2. The first-order valence-corrected chi connectivity index (χ1v) is 12.5. The van der Waals surface area contributed by atoms with Crippen LogP contribution in [0.25, 0.3) is 22.6 Å². The van der Waals surface area contributed by atoms with Crippen molar-refractivity contribution in [2.45, 2.75) is 45.6 Å². The number of aliphatic hydroxyl groups excluding tert-OH is 1. The lowest BCUT2D eigenvalue weighted by molar-refractivity contribution is 0.108. The Kier molecular flexibility index (Phi) is 7.18. The number of aliphatic hydroxyl groups is 1.